The molecule has 13 nitrogen and oxygen atoms in total. The minimum absolute atomic E-state index is 0.0275. The highest BCUT2D eigenvalue weighted by atomic mass is 127. The van der Waals surface area contributed by atoms with Crippen molar-refractivity contribution in [1.29, 1.82) is 0 Å². The van der Waals surface area contributed by atoms with Crippen molar-refractivity contribution in [2.24, 2.45) is 5.41 Å². The second kappa shape index (κ2) is 19.9. The van der Waals surface area contributed by atoms with E-state index in [4.69, 9.17) is 4.84 Å². The molecule has 1 fully saturated rings. The van der Waals surface area contributed by atoms with Crippen LogP contribution >= 0.6 is 33.9 Å². The first-order valence-corrected chi connectivity index (χ1v) is 20.4. The van der Waals surface area contributed by atoms with Crippen LogP contribution in [0.15, 0.2) is 60.1 Å². The van der Waals surface area contributed by atoms with Gasteiger partial charge in [0, 0.05) is 23.1 Å². The van der Waals surface area contributed by atoms with Crippen molar-refractivity contribution in [3.8, 4) is 10.4 Å². The van der Waals surface area contributed by atoms with Crippen molar-refractivity contribution in [3.05, 3.63) is 98.0 Å². The second-order valence-electron chi connectivity index (χ2n) is 14.8. The van der Waals surface area contributed by atoms with Crippen molar-refractivity contribution in [2.75, 3.05) is 31.6 Å². The Hall–Kier alpha value is -4.63. The molecule has 0 spiro atoms. The number of hydrogen-bond acceptors (Lipinski definition) is 10. The number of hydrogen-bond donors (Lipinski definition) is 6. The number of aromatic nitrogens is 1. The molecule has 0 aliphatic carbocycles. The number of β-amino-alcohol motifs (C(OH)–C–C–N with tert-alkyl or cyclic N) is 1. The molecule has 310 valence electrons. The zero-order valence-corrected chi connectivity index (χ0v) is 35.2. The number of aliphatic hydroxyl groups excluding tert-OH is 1. The van der Waals surface area contributed by atoms with Crippen LogP contribution in [0.3, 0.4) is 0 Å². The van der Waals surface area contributed by atoms with Crippen molar-refractivity contribution < 1.29 is 42.3 Å². The molecule has 18 heteroatoms. The first-order chi connectivity index (χ1) is 27.5. The fourth-order valence-electron chi connectivity index (χ4n) is 6.22. The lowest BCUT2D eigenvalue weighted by Crippen LogP contribution is -2.58. The molecule has 1 aliphatic heterocycles. The predicted octanol–water partition coefficient (Wildman–Crippen LogP) is 5.33. The molecular weight excluding hydrogens is 890 g/mol. The summed E-state index contributed by atoms with van der Waals surface area (Å²) in [4.78, 5) is 65.0. The van der Waals surface area contributed by atoms with Crippen LogP contribution in [-0.2, 0) is 25.8 Å². The molecule has 5 rings (SSSR count). The quantitative estimate of drug-likeness (QED) is 0.0493. The van der Waals surface area contributed by atoms with Gasteiger partial charge in [0.2, 0.25) is 17.7 Å². The van der Waals surface area contributed by atoms with Crippen LogP contribution in [0, 0.1) is 33.4 Å². The van der Waals surface area contributed by atoms with Crippen LogP contribution in [0.25, 0.3) is 10.4 Å². The number of aliphatic hydroxyl groups is 1. The summed E-state index contributed by atoms with van der Waals surface area (Å²) in [5, 5.41) is 21.5. The number of carbonyl (C=O) groups excluding carboxylic acids is 4. The fraction of sp³-hybridized carbons (Fsp3) is 0.375. The number of halogens is 4. The lowest BCUT2D eigenvalue weighted by molar-refractivity contribution is -0.144. The Bertz CT molecular complexity index is 2120. The van der Waals surface area contributed by atoms with Crippen molar-refractivity contribution in [1.82, 2.24) is 31.3 Å². The van der Waals surface area contributed by atoms with Gasteiger partial charge >= 0.3 is 0 Å². The van der Waals surface area contributed by atoms with Gasteiger partial charge in [0.1, 0.15) is 17.9 Å². The van der Waals surface area contributed by atoms with Crippen molar-refractivity contribution in [3.63, 3.8) is 0 Å². The summed E-state index contributed by atoms with van der Waals surface area (Å²) < 4.78 is 43.7. The van der Waals surface area contributed by atoms with Gasteiger partial charge in [-0.05, 0) is 89.4 Å². The van der Waals surface area contributed by atoms with Gasteiger partial charge in [-0.3, -0.25) is 24.0 Å². The van der Waals surface area contributed by atoms with Crippen LogP contribution in [0.5, 0.6) is 0 Å². The van der Waals surface area contributed by atoms with Gasteiger partial charge in [-0.15, -0.1) is 11.3 Å². The van der Waals surface area contributed by atoms with E-state index in [2.05, 4.69) is 31.7 Å². The van der Waals surface area contributed by atoms with E-state index in [1.807, 2.05) is 53.8 Å². The monoisotopic (exact) mass is 935 g/mol. The first-order valence-electron chi connectivity index (χ1n) is 18.4. The molecule has 0 saturated carbocycles. The Balaban J connectivity index is 1.07. The van der Waals surface area contributed by atoms with E-state index in [1.165, 1.54) is 17.0 Å². The molecule has 3 aromatic carbocycles. The number of likely N-dealkylation sites (tertiary alicyclic amines) is 1. The van der Waals surface area contributed by atoms with Crippen LogP contribution in [0.4, 0.5) is 24.5 Å². The average Bonchev–Trinajstić information content (AvgIpc) is 3.79. The lowest BCUT2D eigenvalue weighted by atomic mass is 9.85. The van der Waals surface area contributed by atoms with E-state index in [9.17, 15) is 37.5 Å². The van der Waals surface area contributed by atoms with Gasteiger partial charge in [0.25, 0.3) is 5.91 Å². The summed E-state index contributed by atoms with van der Waals surface area (Å²) in [6.07, 6.45) is -0.544. The molecule has 2 heterocycles. The molecule has 6 N–H and O–H groups in total. The van der Waals surface area contributed by atoms with Gasteiger partial charge in [-0.1, -0.05) is 45.0 Å². The highest BCUT2D eigenvalue weighted by Gasteiger charge is 2.44. The van der Waals surface area contributed by atoms with Crippen LogP contribution < -0.4 is 26.7 Å². The number of rotatable bonds is 16. The zero-order chi connectivity index (χ0) is 42.1. The number of amides is 4. The van der Waals surface area contributed by atoms with E-state index in [-0.39, 0.29) is 50.5 Å². The standard InChI is InChI=1S/C40H45F3IN7O6S/c1-22-35(58-21-47-22)24-8-6-23(7-9-24)18-46-38(55)31-17-26(52)20-51(31)39(56)36(40(2,3)4)49-32(53)19-45-14-5-15-57-50-37(54)27-11-12-28(41)33(43)34(27)48-30-13-10-25(44)16-29(30)42/h6-13,16,21,26,31,36,45,48,52H,5,14-15,17-20H2,1-4H3,(H,46,55)(H,49,53)(H,50,54). The fourth-order valence-corrected chi connectivity index (χ4v) is 7.49. The topological polar surface area (TPSA) is 174 Å². The SMILES string of the molecule is Cc1ncsc1-c1ccc(CNC(=O)C2CC(O)CN2C(=O)C(NC(=O)CNCCCONC(=O)c2ccc(F)c(F)c2Nc2ccc(I)cc2F)C(C)(C)C)cc1. The molecule has 4 aromatic rings. The summed E-state index contributed by atoms with van der Waals surface area (Å²) in [6, 6.07) is 11.7. The minimum Gasteiger partial charge on any atom is -0.391 e. The van der Waals surface area contributed by atoms with Gasteiger partial charge in [-0.2, -0.15) is 0 Å². The van der Waals surface area contributed by atoms with Crippen molar-refractivity contribution in [2.45, 2.75) is 65.3 Å². The van der Waals surface area contributed by atoms with E-state index in [1.54, 1.807) is 43.7 Å². The second-order valence-corrected chi connectivity index (χ2v) is 16.9. The Labute approximate surface area is 351 Å². The van der Waals surface area contributed by atoms with E-state index < -0.39 is 70.4 Å². The molecule has 1 aromatic heterocycles. The third-order valence-corrected chi connectivity index (χ3v) is 10.9. The normalized spacial score (nSPS) is 15.8. The van der Waals surface area contributed by atoms with Crippen molar-refractivity contribution >= 4 is 68.9 Å². The average molecular weight is 936 g/mol. The smallest absolute Gasteiger partial charge is 0.277 e. The maximum Gasteiger partial charge on any atom is 0.277 e. The number of hydroxylamine groups is 1. The third-order valence-electron chi connectivity index (χ3n) is 9.29. The Morgan fingerprint density at radius 3 is 2.47 bits per heavy atom. The Morgan fingerprint density at radius 1 is 1.05 bits per heavy atom. The summed E-state index contributed by atoms with van der Waals surface area (Å²) in [6.45, 7) is 7.53. The van der Waals surface area contributed by atoms with Crippen LogP contribution in [-0.4, -0.2) is 83.0 Å². The maximum atomic E-state index is 14.7. The molecule has 58 heavy (non-hydrogen) atoms. The zero-order valence-electron chi connectivity index (χ0n) is 32.3. The van der Waals surface area contributed by atoms with Gasteiger partial charge in [-0.25, -0.2) is 23.6 Å². The molecule has 0 radical (unpaired) electrons. The van der Waals surface area contributed by atoms with E-state index in [0.717, 1.165) is 33.8 Å². The summed E-state index contributed by atoms with van der Waals surface area (Å²) >= 11 is 3.45. The van der Waals surface area contributed by atoms with Gasteiger partial charge < -0.3 is 31.3 Å². The Morgan fingerprint density at radius 2 is 1.79 bits per heavy atom. The number of nitrogens with one attached hydrogen (secondary N) is 5. The number of benzene rings is 3. The minimum atomic E-state index is -1.37. The molecule has 3 unspecified atom stereocenters. The highest BCUT2D eigenvalue weighted by molar-refractivity contribution is 14.1. The summed E-state index contributed by atoms with van der Waals surface area (Å²) in [5.74, 6) is -5.63. The lowest BCUT2D eigenvalue weighted by Gasteiger charge is -2.35. The first kappa shape index (κ1) is 44.5. The van der Waals surface area contributed by atoms with Crippen LogP contribution in [0.2, 0.25) is 0 Å². The number of thiazole rings is 1. The largest absolute Gasteiger partial charge is 0.391 e. The van der Waals surface area contributed by atoms with Crippen LogP contribution in [0.1, 0.15) is 55.2 Å². The summed E-state index contributed by atoms with van der Waals surface area (Å²) in [5.41, 5.74) is 4.97. The number of nitrogens with zero attached hydrogens (tertiary/aromatic N) is 2. The maximum absolute atomic E-state index is 14.7. The highest BCUT2D eigenvalue weighted by Crippen LogP contribution is 2.30. The number of carbonyl (C=O) groups is 4. The molecule has 3 atom stereocenters. The predicted molar refractivity (Wildman–Crippen MR) is 221 cm³/mol. The van der Waals surface area contributed by atoms with Gasteiger partial charge in [0.05, 0.1) is 52.3 Å². The molecule has 1 aliphatic rings. The molecule has 1 saturated heterocycles. The third kappa shape index (κ3) is 11.5. The number of aryl methyl sites for hydroxylation is 1. The molecule has 0 bridgehead atoms. The number of anilines is 2. The van der Waals surface area contributed by atoms with Gasteiger partial charge in [0.15, 0.2) is 11.6 Å². The summed E-state index contributed by atoms with van der Waals surface area (Å²) in [7, 11) is 0. The molecular formula is C40H45F3IN7O6S. The van der Waals surface area contributed by atoms with E-state index >= 15 is 0 Å². The Kier molecular flexibility index (Phi) is 15.2. The molecule has 4 amide bonds. The van der Waals surface area contributed by atoms with E-state index in [0.29, 0.717) is 9.99 Å².